The van der Waals surface area contributed by atoms with Crippen molar-refractivity contribution in [3.05, 3.63) is 30.3 Å². The van der Waals surface area contributed by atoms with Gasteiger partial charge in [0.2, 0.25) is 0 Å². The molecule has 1 aromatic carbocycles. The Hall–Kier alpha value is -1.55. The van der Waals surface area contributed by atoms with E-state index in [4.69, 9.17) is 0 Å². The summed E-state index contributed by atoms with van der Waals surface area (Å²) in [7, 11) is 0. The number of carbonyl (C=O) groups is 1. The molecule has 1 aromatic rings. The van der Waals surface area contributed by atoms with Gasteiger partial charge >= 0.3 is 6.03 Å². The van der Waals surface area contributed by atoms with Gasteiger partial charge in [0.05, 0.1) is 0 Å². The first kappa shape index (κ1) is 12.9. The molecule has 0 atom stereocenters. The van der Waals surface area contributed by atoms with Gasteiger partial charge in [-0.25, -0.2) is 4.79 Å². The Labute approximate surface area is 108 Å². The third-order valence-corrected chi connectivity index (χ3v) is 3.17. The van der Waals surface area contributed by atoms with Crippen LogP contribution in [0.2, 0.25) is 0 Å². The fourth-order valence-electron chi connectivity index (χ4n) is 2.21. The smallest absolute Gasteiger partial charge is 0.319 e. The van der Waals surface area contributed by atoms with Crippen LogP contribution in [-0.4, -0.2) is 37.1 Å². The van der Waals surface area contributed by atoms with Gasteiger partial charge in [-0.1, -0.05) is 18.2 Å². The third-order valence-electron chi connectivity index (χ3n) is 3.17. The van der Waals surface area contributed by atoms with Gasteiger partial charge in [-0.3, -0.25) is 0 Å². The molecule has 0 radical (unpaired) electrons. The summed E-state index contributed by atoms with van der Waals surface area (Å²) in [5.74, 6) is 0. The molecule has 4 heteroatoms. The van der Waals surface area contributed by atoms with Crippen molar-refractivity contribution < 1.29 is 4.79 Å². The zero-order chi connectivity index (χ0) is 12.6. The van der Waals surface area contributed by atoms with E-state index in [2.05, 4.69) is 15.5 Å². The van der Waals surface area contributed by atoms with E-state index >= 15 is 0 Å². The molecule has 0 aromatic heterocycles. The normalized spacial score (nSPS) is 15.6. The van der Waals surface area contributed by atoms with Gasteiger partial charge in [0, 0.05) is 12.2 Å². The molecule has 0 unspecified atom stereocenters. The molecule has 0 spiro atoms. The molecule has 1 saturated heterocycles. The summed E-state index contributed by atoms with van der Waals surface area (Å²) in [6.07, 6.45) is 3.66. The summed E-state index contributed by atoms with van der Waals surface area (Å²) >= 11 is 0. The molecule has 1 fully saturated rings. The van der Waals surface area contributed by atoms with Crippen molar-refractivity contribution in [2.75, 3.05) is 31.5 Å². The highest BCUT2D eigenvalue weighted by Crippen LogP contribution is 2.07. The van der Waals surface area contributed by atoms with Crippen molar-refractivity contribution >= 4 is 11.7 Å². The van der Waals surface area contributed by atoms with E-state index in [1.807, 2.05) is 30.3 Å². The molecule has 1 aliphatic rings. The van der Waals surface area contributed by atoms with Gasteiger partial charge < -0.3 is 15.5 Å². The number of nitrogens with one attached hydrogen (secondary N) is 2. The maximum absolute atomic E-state index is 11.6. The van der Waals surface area contributed by atoms with E-state index in [1.54, 1.807) is 0 Å². The standard InChI is InChI=1S/C14H21N3O/c18-14(16-13-7-2-1-3-8-13)15-9-6-12-17-10-4-5-11-17/h1-3,7-8H,4-6,9-12H2,(H2,15,16,18). The highest BCUT2D eigenvalue weighted by molar-refractivity contribution is 5.89. The van der Waals surface area contributed by atoms with Crippen LogP contribution in [0.3, 0.4) is 0 Å². The van der Waals surface area contributed by atoms with Crippen molar-refractivity contribution in [3.8, 4) is 0 Å². The summed E-state index contributed by atoms with van der Waals surface area (Å²) in [5.41, 5.74) is 0.828. The van der Waals surface area contributed by atoms with Crippen LogP contribution in [-0.2, 0) is 0 Å². The molecule has 98 valence electrons. The SMILES string of the molecule is O=C(NCCCN1CCCC1)Nc1ccccc1. The molecule has 0 saturated carbocycles. The van der Waals surface area contributed by atoms with E-state index in [0.717, 1.165) is 25.2 Å². The number of hydrogen-bond acceptors (Lipinski definition) is 2. The molecule has 1 heterocycles. The minimum absolute atomic E-state index is 0.123. The first-order valence-electron chi connectivity index (χ1n) is 6.67. The van der Waals surface area contributed by atoms with E-state index in [-0.39, 0.29) is 6.03 Å². The maximum atomic E-state index is 11.6. The molecule has 1 aliphatic heterocycles. The van der Waals surface area contributed by atoms with Crippen LogP contribution >= 0.6 is 0 Å². The summed E-state index contributed by atoms with van der Waals surface area (Å²) in [5, 5.41) is 5.69. The van der Waals surface area contributed by atoms with Crippen molar-refractivity contribution in [1.82, 2.24) is 10.2 Å². The fraction of sp³-hybridized carbons (Fsp3) is 0.500. The average molecular weight is 247 g/mol. The number of likely N-dealkylation sites (tertiary alicyclic amines) is 1. The van der Waals surface area contributed by atoms with Crippen LogP contribution in [0.5, 0.6) is 0 Å². The highest BCUT2D eigenvalue weighted by Gasteiger charge is 2.10. The Morgan fingerprint density at radius 2 is 1.89 bits per heavy atom. The molecule has 2 amide bonds. The Morgan fingerprint density at radius 3 is 2.61 bits per heavy atom. The second-order valence-electron chi connectivity index (χ2n) is 4.65. The molecule has 18 heavy (non-hydrogen) atoms. The summed E-state index contributed by atoms with van der Waals surface area (Å²) < 4.78 is 0. The van der Waals surface area contributed by atoms with Crippen molar-refractivity contribution in [1.29, 1.82) is 0 Å². The van der Waals surface area contributed by atoms with Crippen molar-refractivity contribution in [2.24, 2.45) is 0 Å². The lowest BCUT2D eigenvalue weighted by atomic mass is 10.3. The van der Waals surface area contributed by atoms with Crippen LogP contribution in [0.25, 0.3) is 0 Å². The number of carbonyl (C=O) groups excluding carboxylic acids is 1. The van der Waals surface area contributed by atoms with Gasteiger partial charge in [-0.15, -0.1) is 0 Å². The lowest BCUT2D eigenvalue weighted by molar-refractivity contribution is 0.251. The zero-order valence-corrected chi connectivity index (χ0v) is 10.7. The van der Waals surface area contributed by atoms with E-state index in [9.17, 15) is 4.79 Å². The van der Waals surface area contributed by atoms with Gasteiger partial charge in [0.1, 0.15) is 0 Å². The van der Waals surface area contributed by atoms with Crippen molar-refractivity contribution in [2.45, 2.75) is 19.3 Å². The first-order valence-corrected chi connectivity index (χ1v) is 6.67. The molecular formula is C14H21N3O. The maximum Gasteiger partial charge on any atom is 0.319 e. The minimum Gasteiger partial charge on any atom is -0.338 e. The zero-order valence-electron chi connectivity index (χ0n) is 10.7. The highest BCUT2D eigenvalue weighted by atomic mass is 16.2. The molecule has 2 N–H and O–H groups in total. The van der Waals surface area contributed by atoms with Crippen LogP contribution in [0, 0.1) is 0 Å². The quantitative estimate of drug-likeness (QED) is 0.784. The molecule has 0 bridgehead atoms. The monoisotopic (exact) mass is 247 g/mol. The van der Waals surface area contributed by atoms with Gasteiger partial charge in [0.25, 0.3) is 0 Å². The molecule has 0 aliphatic carbocycles. The summed E-state index contributed by atoms with van der Waals surface area (Å²) in [6.45, 7) is 4.26. The lowest BCUT2D eigenvalue weighted by Gasteiger charge is -2.14. The molecule has 2 rings (SSSR count). The van der Waals surface area contributed by atoms with E-state index in [0.29, 0.717) is 0 Å². The molecule has 4 nitrogen and oxygen atoms in total. The van der Waals surface area contributed by atoms with Gasteiger partial charge in [-0.05, 0) is 51.0 Å². The summed E-state index contributed by atoms with van der Waals surface area (Å²) in [4.78, 5) is 14.0. The Morgan fingerprint density at radius 1 is 1.17 bits per heavy atom. The Kier molecular flexibility index (Phi) is 5.02. The van der Waals surface area contributed by atoms with Crippen LogP contribution < -0.4 is 10.6 Å². The predicted molar refractivity (Wildman–Crippen MR) is 73.8 cm³/mol. The Balaban J connectivity index is 1.57. The van der Waals surface area contributed by atoms with E-state index < -0.39 is 0 Å². The fourth-order valence-corrected chi connectivity index (χ4v) is 2.21. The van der Waals surface area contributed by atoms with Crippen LogP contribution in [0.1, 0.15) is 19.3 Å². The Bertz CT molecular complexity index is 361. The lowest BCUT2D eigenvalue weighted by Crippen LogP contribution is -2.31. The number of nitrogens with zero attached hydrogens (tertiary/aromatic N) is 1. The van der Waals surface area contributed by atoms with Crippen LogP contribution in [0.15, 0.2) is 30.3 Å². The number of benzene rings is 1. The number of para-hydroxylation sites is 1. The number of amides is 2. The largest absolute Gasteiger partial charge is 0.338 e. The average Bonchev–Trinajstić information content (AvgIpc) is 2.89. The topological polar surface area (TPSA) is 44.4 Å². The van der Waals surface area contributed by atoms with Gasteiger partial charge in [0.15, 0.2) is 0 Å². The minimum atomic E-state index is -0.123. The second kappa shape index (κ2) is 7.01. The number of rotatable bonds is 5. The number of hydrogen-bond donors (Lipinski definition) is 2. The second-order valence-corrected chi connectivity index (χ2v) is 4.65. The van der Waals surface area contributed by atoms with Crippen molar-refractivity contribution in [3.63, 3.8) is 0 Å². The molecular weight excluding hydrogens is 226 g/mol. The number of urea groups is 1. The summed E-state index contributed by atoms with van der Waals surface area (Å²) in [6, 6.07) is 9.38. The third kappa shape index (κ3) is 4.37. The van der Waals surface area contributed by atoms with Gasteiger partial charge in [-0.2, -0.15) is 0 Å². The number of anilines is 1. The van der Waals surface area contributed by atoms with E-state index in [1.165, 1.54) is 25.9 Å². The first-order chi connectivity index (χ1) is 8.84. The van der Waals surface area contributed by atoms with Crippen LogP contribution in [0.4, 0.5) is 10.5 Å². The predicted octanol–water partition coefficient (Wildman–Crippen LogP) is 2.29.